The normalized spacial score (nSPS) is 10.3. The summed E-state index contributed by atoms with van der Waals surface area (Å²) in [6, 6.07) is 15.3. The van der Waals surface area contributed by atoms with E-state index in [0.29, 0.717) is 0 Å². The van der Waals surface area contributed by atoms with Crippen LogP contribution in [0.1, 0.15) is 12.5 Å². The highest BCUT2D eigenvalue weighted by molar-refractivity contribution is 7.98. The van der Waals surface area contributed by atoms with E-state index in [0.717, 1.165) is 17.5 Å². The van der Waals surface area contributed by atoms with Crippen LogP contribution in [0.5, 0.6) is 0 Å². The summed E-state index contributed by atoms with van der Waals surface area (Å²) in [4.78, 5) is 13.3. The third-order valence-electron chi connectivity index (χ3n) is 2.97. The van der Waals surface area contributed by atoms with E-state index in [1.165, 1.54) is 10.5 Å². The largest absolute Gasteiger partial charge is 0.289 e. The molecule has 0 aliphatic heterocycles. The molecule has 1 nitrogen and oxygen atoms in total. The Hall–Kier alpha value is -1.54. The summed E-state index contributed by atoms with van der Waals surface area (Å²) >= 11 is 1.71. The van der Waals surface area contributed by atoms with Crippen LogP contribution in [0.3, 0.4) is 0 Å². The lowest BCUT2D eigenvalue weighted by molar-refractivity contribution is 1.08. The summed E-state index contributed by atoms with van der Waals surface area (Å²) in [5.41, 5.74) is 3.19. The van der Waals surface area contributed by atoms with Gasteiger partial charge in [-0.3, -0.25) is 4.79 Å². The Morgan fingerprint density at radius 2 is 1.67 bits per heavy atom. The molecule has 2 heteroatoms. The van der Waals surface area contributed by atoms with Crippen LogP contribution >= 0.6 is 11.8 Å². The van der Waals surface area contributed by atoms with E-state index in [-0.39, 0.29) is 5.43 Å². The number of aryl methyl sites for hydroxylation is 1. The van der Waals surface area contributed by atoms with E-state index in [2.05, 4.69) is 19.2 Å². The van der Waals surface area contributed by atoms with Gasteiger partial charge in [0, 0.05) is 10.5 Å². The van der Waals surface area contributed by atoms with Gasteiger partial charge in [0.1, 0.15) is 0 Å². The molecule has 0 saturated carbocycles. The van der Waals surface area contributed by atoms with E-state index in [1.54, 1.807) is 23.9 Å². The van der Waals surface area contributed by atoms with Crippen LogP contribution in [-0.2, 0) is 6.42 Å². The molecule has 0 aliphatic carbocycles. The molecule has 0 amide bonds. The van der Waals surface area contributed by atoms with Crippen LogP contribution in [0.15, 0.2) is 58.2 Å². The smallest absolute Gasteiger partial charge is 0.186 e. The van der Waals surface area contributed by atoms with E-state index >= 15 is 0 Å². The molecular weight excluding hydrogens is 240 g/mol. The van der Waals surface area contributed by atoms with Gasteiger partial charge in [0.15, 0.2) is 5.43 Å². The van der Waals surface area contributed by atoms with Crippen molar-refractivity contribution in [1.82, 2.24) is 0 Å². The van der Waals surface area contributed by atoms with Gasteiger partial charge in [-0.15, -0.1) is 11.8 Å². The summed E-state index contributed by atoms with van der Waals surface area (Å²) in [6.45, 7) is 2.14. The van der Waals surface area contributed by atoms with Gasteiger partial charge in [0.05, 0.1) is 0 Å². The zero-order chi connectivity index (χ0) is 13.0. The van der Waals surface area contributed by atoms with Crippen molar-refractivity contribution in [2.75, 3.05) is 6.26 Å². The molecule has 2 aromatic rings. The molecule has 0 radical (unpaired) electrons. The summed E-state index contributed by atoms with van der Waals surface area (Å²) in [5, 5.41) is 0. The highest BCUT2D eigenvalue weighted by atomic mass is 32.2. The molecule has 0 heterocycles. The molecule has 0 fully saturated rings. The van der Waals surface area contributed by atoms with Crippen molar-refractivity contribution < 1.29 is 0 Å². The third-order valence-corrected chi connectivity index (χ3v) is 3.86. The minimum atomic E-state index is 0.0727. The average Bonchev–Trinajstić information content (AvgIpc) is 2.62. The molecule has 0 saturated heterocycles. The summed E-state index contributed by atoms with van der Waals surface area (Å²) in [7, 11) is 0. The van der Waals surface area contributed by atoms with Gasteiger partial charge in [0.2, 0.25) is 0 Å². The lowest BCUT2D eigenvalue weighted by atomic mass is 10.0. The van der Waals surface area contributed by atoms with Crippen molar-refractivity contribution in [1.29, 1.82) is 0 Å². The van der Waals surface area contributed by atoms with Crippen LogP contribution in [0.25, 0.3) is 11.1 Å². The van der Waals surface area contributed by atoms with E-state index in [1.807, 2.05) is 30.3 Å². The van der Waals surface area contributed by atoms with E-state index in [9.17, 15) is 4.79 Å². The van der Waals surface area contributed by atoms with Crippen molar-refractivity contribution in [2.24, 2.45) is 0 Å². The Kier molecular flexibility index (Phi) is 4.21. The first-order valence-electron chi connectivity index (χ1n) is 6.03. The Labute approximate surface area is 112 Å². The zero-order valence-electron chi connectivity index (χ0n) is 10.6. The van der Waals surface area contributed by atoms with Crippen LogP contribution in [0.4, 0.5) is 0 Å². The third kappa shape index (κ3) is 2.49. The van der Waals surface area contributed by atoms with Crippen LogP contribution in [-0.4, -0.2) is 6.26 Å². The Morgan fingerprint density at radius 3 is 2.39 bits per heavy atom. The molecule has 2 rings (SSSR count). The first-order chi connectivity index (χ1) is 8.77. The second kappa shape index (κ2) is 5.87. The van der Waals surface area contributed by atoms with Gasteiger partial charge in [-0.05, 0) is 29.9 Å². The predicted octanol–water partition coefficient (Wildman–Crippen LogP) is 4.00. The molecule has 0 N–H and O–H groups in total. The minimum absolute atomic E-state index is 0.0727. The number of hydrogen-bond acceptors (Lipinski definition) is 2. The lowest BCUT2D eigenvalue weighted by Crippen LogP contribution is -2.01. The molecule has 0 spiro atoms. The Bertz CT molecular complexity index is 605. The zero-order valence-corrected chi connectivity index (χ0v) is 11.5. The first-order valence-corrected chi connectivity index (χ1v) is 7.26. The maximum absolute atomic E-state index is 12.1. The highest BCUT2D eigenvalue weighted by Gasteiger charge is 2.09. The number of hydrogen-bond donors (Lipinski definition) is 0. The molecule has 2 aromatic carbocycles. The standard InChI is InChI=1S/C16H16OS/c1-3-12-8-7-10-14(16(12)18-2)13-9-5-4-6-11-15(13)17/h4-11H,3H2,1-2H3. The second-order valence-electron chi connectivity index (χ2n) is 4.04. The number of rotatable bonds is 3. The molecule has 92 valence electrons. The van der Waals surface area contributed by atoms with E-state index < -0.39 is 0 Å². The SMILES string of the molecule is CCc1cccc(-c2cccccc2=O)c1SC. The molecule has 0 bridgehead atoms. The van der Waals surface area contributed by atoms with Gasteiger partial charge in [-0.25, -0.2) is 0 Å². The second-order valence-corrected chi connectivity index (χ2v) is 4.86. The number of benzene rings is 1. The number of thioether (sulfide) groups is 1. The van der Waals surface area contributed by atoms with Crippen molar-refractivity contribution in [3.63, 3.8) is 0 Å². The summed E-state index contributed by atoms with van der Waals surface area (Å²) < 4.78 is 0. The minimum Gasteiger partial charge on any atom is -0.289 e. The van der Waals surface area contributed by atoms with Gasteiger partial charge < -0.3 is 0 Å². The van der Waals surface area contributed by atoms with Gasteiger partial charge in [0.25, 0.3) is 0 Å². The van der Waals surface area contributed by atoms with Crippen LogP contribution < -0.4 is 5.43 Å². The molecule has 0 unspecified atom stereocenters. The Balaban J connectivity index is 2.72. The van der Waals surface area contributed by atoms with Crippen molar-refractivity contribution in [2.45, 2.75) is 18.2 Å². The summed E-state index contributed by atoms with van der Waals surface area (Å²) in [5.74, 6) is 0. The monoisotopic (exact) mass is 256 g/mol. The fourth-order valence-electron chi connectivity index (χ4n) is 2.07. The molecular formula is C16H16OS. The average molecular weight is 256 g/mol. The van der Waals surface area contributed by atoms with E-state index in [4.69, 9.17) is 0 Å². The van der Waals surface area contributed by atoms with Gasteiger partial charge >= 0.3 is 0 Å². The van der Waals surface area contributed by atoms with Gasteiger partial charge in [-0.1, -0.05) is 49.4 Å². The molecule has 0 atom stereocenters. The fraction of sp³-hybridized carbons (Fsp3) is 0.188. The summed E-state index contributed by atoms with van der Waals surface area (Å²) in [6.07, 6.45) is 3.04. The van der Waals surface area contributed by atoms with Crippen molar-refractivity contribution in [3.05, 3.63) is 64.3 Å². The van der Waals surface area contributed by atoms with Crippen molar-refractivity contribution >= 4 is 11.8 Å². The maximum Gasteiger partial charge on any atom is 0.186 e. The van der Waals surface area contributed by atoms with Crippen LogP contribution in [0, 0.1) is 0 Å². The van der Waals surface area contributed by atoms with Crippen LogP contribution in [0.2, 0.25) is 0 Å². The molecule has 18 heavy (non-hydrogen) atoms. The van der Waals surface area contributed by atoms with Crippen molar-refractivity contribution in [3.8, 4) is 11.1 Å². The van der Waals surface area contributed by atoms with Gasteiger partial charge in [-0.2, -0.15) is 0 Å². The fourth-order valence-corrected chi connectivity index (χ4v) is 2.94. The maximum atomic E-state index is 12.1. The molecule has 0 aromatic heterocycles. The topological polar surface area (TPSA) is 17.1 Å². The first kappa shape index (κ1) is 12.9. The highest BCUT2D eigenvalue weighted by Crippen LogP contribution is 2.31. The molecule has 0 aliphatic rings. The quantitative estimate of drug-likeness (QED) is 0.772. The lowest BCUT2D eigenvalue weighted by Gasteiger charge is -2.10. The predicted molar refractivity (Wildman–Crippen MR) is 79.3 cm³/mol. The Morgan fingerprint density at radius 1 is 0.944 bits per heavy atom.